The molecule has 0 bridgehead atoms. The van der Waals surface area contributed by atoms with Crippen molar-refractivity contribution in [3.05, 3.63) is 71.7 Å². The van der Waals surface area contributed by atoms with Crippen LogP contribution in [0.15, 0.2) is 59.9 Å². The van der Waals surface area contributed by atoms with Crippen LogP contribution >= 0.6 is 0 Å². The van der Waals surface area contributed by atoms with Crippen molar-refractivity contribution in [2.45, 2.75) is 25.9 Å². The second kappa shape index (κ2) is 7.00. The number of imidazole rings is 1. The molecule has 2 aromatic heterocycles. The molecule has 6 nitrogen and oxygen atoms in total. The predicted molar refractivity (Wildman–Crippen MR) is 99.3 cm³/mol. The highest BCUT2D eigenvalue weighted by Gasteiger charge is 2.23. The van der Waals surface area contributed by atoms with E-state index in [9.17, 15) is 4.79 Å². The number of nitrogens with zero attached hydrogens (tertiary/aromatic N) is 3. The summed E-state index contributed by atoms with van der Waals surface area (Å²) in [6, 6.07) is 15.9. The van der Waals surface area contributed by atoms with E-state index in [4.69, 9.17) is 4.84 Å². The maximum absolute atomic E-state index is 12.6. The minimum absolute atomic E-state index is 0.0295. The van der Waals surface area contributed by atoms with Gasteiger partial charge in [-0.1, -0.05) is 41.6 Å². The molecular formula is C20H20N4O2. The maximum Gasteiger partial charge on any atom is 0.270 e. The molecule has 26 heavy (non-hydrogen) atoms. The average molecular weight is 348 g/mol. The second-order valence-corrected chi connectivity index (χ2v) is 6.44. The highest BCUT2D eigenvalue weighted by Crippen LogP contribution is 2.16. The lowest BCUT2D eigenvalue weighted by Crippen LogP contribution is -2.31. The van der Waals surface area contributed by atoms with Crippen LogP contribution in [0, 0.1) is 6.92 Å². The van der Waals surface area contributed by atoms with Crippen molar-refractivity contribution in [2.24, 2.45) is 5.16 Å². The third-order valence-electron chi connectivity index (χ3n) is 4.47. The molecule has 0 radical (unpaired) electrons. The van der Waals surface area contributed by atoms with Crippen LogP contribution in [0.3, 0.4) is 0 Å². The van der Waals surface area contributed by atoms with Gasteiger partial charge in [0.25, 0.3) is 5.91 Å². The molecule has 6 heteroatoms. The number of fused-ring (bicyclic) bond motifs is 1. The molecule has 1 aliphatic heterocycles. The lowest BCUT2D eigenvalue weighted by Gasteiger charge is -2.08. The summed E-state index contributed by atoms with van der Waals surface area (Å²) >= 11 is 0. The predicted octanol–water partition coefficient (Wildman–Crippen LogP) is 2.76. The fourth-order valence-corrected chi connectivity index (χ4v) is 3.23. The molecule has 1 aliphatic rings. The van der Waals surface area contributed by atoms with Gasteiger partial charge >= 0.3 is 0 Å². The number of pyridine rings is 1. The van der Waals surface area contributed by atoms with Crippen LogP contribution in [0.5, 0.6) is 0 Å². The summed E-state index contributed by atoms with van der Waals surface area (Å²) in [4.78, 5) is 22.5. The topological polar surface area (TPSA) is 68.0 Å². The van der Waals surface area contributed by atoms with Gasteiger partial charge in [0, 0.05) is 19.0 Å². The largest absolute Gasteiger partial charge is 0.392 e. The van der Waals surface area contributed by atoms with E-state index in [2.05, 4.69) is 27.6 Å². The molecule has 0 saturated heterocycles. The van der Waals surface area contributed by atoms with Gasteiger partial charge in [-0.3, -0.25) is 9.20 Å². The second-order valence-electron chi connectivity index (χ2n) is 6.44. The van der Waals surface area contributed by atoms with Gasteiger partial charge in [-0.15, -0.1) is 0 Å². The van der Waals surface area contributed by atoms with Crippen molar-refractivity contribution in [3.63, 3.8) is 0 Å². The smallest absolute Gasteiger partial charge is 0.270 e. The highest BCUT2D eigenvalue weighted by atomic mass is 16.6. The molecule has 4 rings (SSSR count). The van der Waals surface area contributed by atoms with E-state index in [1.54, 1.807) is 4.40 Å². The van der Waals surface area contributed by atoms with Crippen molar-refractivity contribution in [1.29, 1.82) is 0 Å². The SMILES string of the molecule is Cc1nc2ccccn2c1C(=O)NCC1=NOC(Cc2ccccc2)C1. The van der Waals surface area contributed by atoms with Crippen molar-refractivity contribution in [1.82, 2.24) is 14.7 Å². The Balaban J connectivity index is 1.36. The van der Waals surface area contributed by atoms with Crippen molar-refractivity contribution < 1.29 is 9.63 Å². The van der Waals surface area contributed by atoms with E-state index in [-0.39, 0.29) is 12.0 Å². The molecule has 1 atom stereocenters. The zero-order chi connectivity index (χ0) is 17.9. The number of hydrogen-bond donors (Lipinski definition) is 1. The molecule has 3 aromatic rings. The van der Waals surface area contributed by atoms with Crippen molar-refractivity contribution >= 4 is 17.3 Å². The number of rotatable bonds is 5. The van der Waals surface area contributed by atoms with Gasteiger partial charge in [-0.05, 0) is 24.6 Å². The van der Waals surface area contributed by atoms with E-state index in [0.717, 1.165) is 24.2 Å². The third-order valence-corrected chi connectivity index (χ3v) is 4.47. The highest BCUT2D eigenvalue weighted by molar-refractivity contribution is 5.98. The van der Waals surface area contributed by atoms with Gasteiger partial charge < -0.3 is 10.2 Å². The minimum Gasteiger partial charge on any atom is -0.392 e. The van der Waals surface area contributed by atoms with Gasteiger partial charge in [-0.2, -0.15) is 0 Å². The number of nitrogens with one attached hydrogen (secondary N) is 1. The normalized spacial score (nSPS) is 16.3. The monoisotopic (exact) mass is 348 g/mol. The Hall–Kier alpha value is -3.15. The van der Waals surface area contributed by atoms with Crippen LogP contribution in [0.4, 0.5) is 0 Å². The van der Waals surface area contributed by atoms with E-state index >= 15 is 0 Å². The third kappa shape index (κ3) is 3.31. The molecule has 1 N–H and O–H groups in total. The average Bonchev–Trinajstić information content (AvgIpc) is 3.23. The molecule has 0 saturated carbocycles. The number of aryl methyl sites for hydroxylation is 1. The zero-order valence-corrected chi connectivity index (χ0v) is 14.6. The molecule has 0 aliphatic carbocycles. The first-order chi connectivity index (χ1) is 12.7. The Morgan fingerprint density at radius 2 is 2.04 bits per heavy atom. The quantitative estimate of drug-likeness (QED) is 0.771. The first-order valence-corrected chi connectivity index (χ1v) is 8.68. The Kier molecular flexibility index (Phi) is 4.39. The summed E-state index contributed by atoms with van der Waals surface area (Å²) in [5.41, 5.74) is 4.10. The van der Waals surface area contributed by atoms with Crippen LogP contribution in [0.2, 0.25) is 0 Å². The minimum atomic E-state index is -0.157. The number of carbonyl (C=O) groups excluding carboxylic acids is 1. The van der Waals surface area contributed by atoms with E-state index in [1.165, 1.54) is 5.56 Å². The van der Waals surface area contributed by atoms with Crippen LogP contribution in [0.25, 0.3) is 5.65 Å². The number of oxime groups is 1. The van der Waals surface area contributed by atoms with Gasteiger partial charge in [-0.25, -0.2) is 4.98 Å². The van der Waals surface area contributed by atoms with Gasteiger partial charge in [0.2, 0.25) is 0 Å². The Morgan fingerprint density at radius 1 is 1.23 bits per heavy atom. The summed E-state index contributed by atoms with van der Waals surface area (Å²) < 4.78 is 1.80. The molecule has 0 fully saturated rings. The van der Waals surface area contributed by atoms with Crippen LogP contribution < -0.4 is 5.32 Å². The van der Waals surface area contributed by atoms with Crippen LogP contribution in [-0.2, 0) is 11.3 Å². The summed E-state index contributed by atoms with van der Waals surface area (Å²) in [6.07, 6.45) is 3.41. The number of hydrogen-bond acceptors (Lipinski definition) is 4. The Morgan fingerprint density at radius 3 is 2.88 bits per heavy atom. The summed E-state index contributed by atoms with van der Waals surface area (Å²) in [5, 5.41) is 7.06. The molecule has 3 heterocycles. The molecule has 132 valence electrons. The number of carbonyl (C=O) groups is 1. The van der Waals surface area contributed by atoms with Gasteiger partial charge in [0.15, 0.2) is 0 Å². The molecule has 0 spiro atoms. The number of aromatic nitrogens is 2. The molecule has 1 unspecified atom stereocenters. The Labute approximate surface area is 151 Å². The van der Waals surface area contributed by atoms with Gasteiger partial charge in [0.05, 0.1) is 18.0 Å². The summed E-state index contributed by atoms with van der Waals surface area (Å²) in [6.45, 7) is 2.22. The van der Waals surface area contributed by atoms with Crippen LogP contribution in [-0.4, -0.2) is 33.7 Å². The summed E-state index contributed by atoms with van der Waals surface area (Å²) in [5.74, 6) is -0.157. The van der Waals surface area contributed by atoms with E-state index < -0.39 is 0 Å². The zero-order valence-electron chi connectivity index (χ0n) is 14.6. The molecule has 1 amide bonds. The van der Waals surface area contributed by atoms with Crippen LogP contribution in [0.1, 0.15) is 28.2 Å². The van der Waals surface area contributed by atoms with E-state index in [1.807, 2.05) is 49.5 Å². The first kappa shape index (κ1) is 16.3. The lowest BCUT2D eigenvalue weighted by molar-refractivity contribution is 0.0859. The Bertz CT molecular complexity index is 962. The van der Waals surface area contributed by atoms with Gasteiger partial charge in [0.1, 0.15) is 17.4 Å². The first-order valence-electron chi connectivity index (χ1n) is 8.68. The maximum atomic E-state index is 12.6. The van der Waals surface area contributed by atoms with Crippen molar-refractivity contribution in [2.75, 3.05) is 6.54 Å². The standard InChI is InChI=1S/C20H20N4O2/c1-14-19(24-10-6-5-9-18(24)22-14)20(25)21-13-16-12-17(26-23-16)11-15-7-3-2-4-8-15/h2-10,17H,11-13H2,1H3,(H,21,25). The van der Waals surface area contributed by atoms with E-state index in [0.29, 0.717) is 17.9 Å². The lowest BCUT2D eigenvalue weighted by atomic mass is 10.0. The fraction of sp³-hybridized carbons (Fsp3) is 0.250. The summed E-state index contributed by atoms with van der Waals surface area (Å²) in [7, 11) is 0. The molecular weight excluding hydrogens is 328 g/mol. The number of amides is 1. The number of benzene rings is 1. The fourth-order valence-electron chi connectivity index (χ4n) is 3.23. The molecule has 1 aromatic carbocycles. The van der Waals surface area contributed by atoms with Crippen molar-refractivity contribution in [3.8, 4) is 0 Å².